The average Bonchev–Trinajstić information content (AvgIpc) is 3.58. The number of unbranched alkanes of at least 4 members (excludes halogenated alkanes) is 16. The number of esters is 2. The van der Waals surface area contributed by atoms with Crippen LogP contribution in [0.3, 0.4) is 0 Å². The molecule has 0 radical (unpaired) electrons. The molecule has 1 saturated heterocycles. The number of hydrogen-bond acceptors (Lipinski definition) is 16. The smallest absolute Gasteiger partial charge is 0.462 e. The number of aliphatic hydroxyl groups excluding tert-OH is 3. The van der Waals surface area contributed by atoms with E-state index in [1.54, 1.807) is 0 Å². The van der Waals surface area contributed by atoms with Crippen LogP contribution in [0.1, 0.15) is 167 Å². The number of nitrogen functional groups attached to an aromatic ring is 1. The molecular formula is C48H81N3O16P2. The number of aromatic nitrogens is 2. The molecule has 0 amide bonds. The maximum absolute atomic E-state index is 12.8. The van der Waals surface area contributed by atoms with Crippen LogP contribution in [0.5, 0.6) is 0 Å². The summed E-state index contributed by atoms with van der Waals surface area (Å²) in [6, 6.07) is 1.24. The molecule has 0 saturated carbocycles. The van der Waals surface area contributed by atoms with Gasteiger partial charge in [-0.2, -0.15) is 9.29 Å². The minimum Gasteiger partial charge on any atom is -0.462 e. The van der Waals surface area contributed by atoms with Crippen molar-refractivity contribution in [2.24, 2.45) is 0 Å². The summed E-state index contributed by atoms with van der Waals surface area (Å²) in [5, 5.41) is 29.7. The van der Waals surface area contributed by atoms with E-state index >= 15 is 0 Å². The van der Waals surface area contributed by atoms with Crippen LogP contribution >= 0.6 is 15.6 Å². The van der Waals surface area contributed by atoms with Crippen molar-refractivity contribution in [1.82, 2.24) is 9.55 Å². The summed E-state index contributed by atoms with van der Waals surface area (Å²) >= 11 is 0. The van der Waals surface area contributed by atoms with Crippen LogP contribution < -0.4 is 11.4 Å². The van der Waals surface area contributed by atoms with E-state index in [2.05, 4.69) is 46.6 Å². The minimum absolute atomic E-state index is 0.0351. The Labute approximate surface area is 408 Å². The van der Waals surface area contributed by atoms with Crippen molar-refractivity contribution in [2.75, 3.05) is 32.2 Å². The van der Waals surface area contributed by atoms with Gasteiger partial charge in [0.15, 0.2) is 12.3 Å². The van der Waals surface area contributed by atoms with Crippen LogP contribution in [0, 0.1) is 0 Å². The number of anilines is 1. The summed E-state index contributed by atoms with van der Waals surface area (Å²) in [6.07, 6.45) is 32.2. The summed E-state index contributed by atoms with van der Waals surface area (Å²) in [7, 11) is -10.9. The number of hydrogen-bond donors (Lipinski definition) is 6. The predicted octanol–water partition coefficient (Wildman–Crippen LogP) is 8.75. The van der Waals surface area contributed by atoms with Gasteiger partial charge in [-0.05, 0) is 63.9 Å². The highest BCUT2D eigenvalue weighted by Crippen LogP contribution is 2.60. The molecule has 1 aromatic heterocycles. The number of carbonyl (C=O) groups is 2. The molecule has 2 heterocycles. The molecule has 1 aromatic rings. The quantitative estimate of drug-likeness (QED) is 0.0155. The number of ether oxygens (including phenoxy) is 3. The summed E-state index contributed by atoms with van der Waals surface area (Å²) < 4.78 is 56.6. The van der Waals surface area contributed by atoms with E-state index in [0.29, 0.717) is 19.3 Å². The standard InChI is InChI=1S/C48H81N3O16P2/c1-2-3-4-5-6-7-8-14-17-20-23-26-29-32-43(53)62-37-40(65-44(54)33-30-27-24-21-18-15-12-10-9-11-13-16-19-22-25-28-31-36-52)38-63-68(58,59)67-69(60,61)64-39-41-45(55)46(56)47(66-41)51-35-34-42(49)50-48(51)57/h9,11-12,15-16,19,21,24,34-35,40-41,45-47,52,55-56H,2-8,10,13-14,17-18,20,22-23,25-33,36-39H2,1H3,(H,58,59)(H,60,61)(H2,49,50,57)/b11-9-,15-12-,19-16-,24-21-/t40-,41-,45-,46-,47-/m1/s1. The lowest BCUT2D eigenvalue weighted by molar-refractivity contribution is -0.161. The Hall–Kier alpha value is -3.32. The van der Waals surface area contributed by atoms with Gasteiger partial charge in [-0.1, -0.05) is 139 Å². The van der Waals surface area contributed by atoms with E-state index in [9.17, 15) is 43.5 Å². The fourth-order valence-electron chi connectivity index (χ4n) is 7.11. The molecule has 2 rings (SSSR count). The van der Waals surface area contributed by atoms with Gasteiger partial charge < -0.3 is 45.1 Å². The number of phosphoric acid groups is 2. The van der Waals surface area contributed by atoms with Crippen molar-refractivity contribution in [3.8, 4) is 0 Å². The van der Waals surface area contributed by atoms with E-state index in [-0.39, 0.29) is 25.3 Å². The van der Waals surface area contributed by atoms with E-state index in [0.717, 1.165) is 81.4 Å². The fourth-order valence-corrected chi connectivity index (χ4v) is 9.22. The second-order valence-electron chi connectivity index (χ2n) is 17.0. The number of carbonyl (C=O) groups excluding carboxylic acids is 2. The highest BCUT2D eigenvalue weighted by molar-refractivity contribution is 7.61. The Morgan fingerprint density at radius 2 is 1.25 bits per heavy atom. The molecule has 1 aliphatic rings. The molecule has 7 atom stereocenters. The van der Waals surface area contributed by atoms with Crippen molar-refractivity contribution >= 4 is 33.4 Å². The van der Waals surface area contributed by atoms with Crippen LogP contribution in [0.25, 0.3) is 0 Å². The minimum atomic E-state index is -5.44. The molecule has 0 aliphatic carbocycles. The van der Waals surface area contributed by atoms with Gasteiger partial charge in [0.25, 0.3) is 0 Å². The zero-order valence-corrected chi connectivity index (χ0v) is 42.3. The monoisotopic (exact) mass is 1020 g/mol. The number of nitrogens with two attached hydrogens (primary N) is 1. The van der Waals surface area contributed by atoms with Crippen molar-refractivity contribution < 1.29 is 71.4 Å². The van der Waals surface area contributed by atoms with Gasteiger partial charge >= 0.3 is 33.3 Å². The third-order valence-corrected chi connectivity index (χ3v) is 13.6. The first-order valence-corrected chi connectivity index (χ1v) is 27.7. The van der Waals surface area contributed by atoms with Gasteiger partial charge in [0, 0.05) is 25.6 Å². The Bertz CT molecular complexity index is 1840. The van der Waals surface area contributed by atoms with E-state index in [1.165, 1.54) is 57.4 Å². The van der Waals surface area contributed by atoms with Gasteiger partial charge in [-0.15, -0.1) is 0 Å². The molecule has 1 aliphatic heterocycles. The van der Waals surface area contributed by atoms with Gasteiger partial charge in [0.05, 0.1) is 13.2 Å². The van der Waals surface area contributed by atoms with Crippen molar-refractivity contribution in [1.29, 1.82) is 0 Å². The Balaban J connectivity index is 1.83. The van der Waals surface area contributed by atoms with Crippen LogP contribution in [0.2, 0.25) is 0 Å². The molecule has 0 spiro atoms. The first kappa shape index (κ1) is 61.8. The number of rotatable bonds is 41. The lowest BCUT2D eigenvalue weighted by atomic mass is 10.0. The molecule has 2 unspecified atom stereocenters. The summed E-state index contributed by atoms with van der Waals surface area (Å²) in [6.45, 7) is 0.0978. The maximum Gasteiger partial charge on any atom is 0.481 e. The molecule has 7 N–H and O–H groups in total. The summed E-state index contributed by atoms with van der Waals surface area (Å²) in [4.78, 5) is 61.8. The number of nitrogens with zero attached hydrogens (tertiary/aromatic N) is 2. The first-order chi connectivity index (χ1) is 33.2. The lowest BCUT2D eigenvalue weighted by Crippen LogP contribution is -2.36. The molecule has 0 bridgehead atoms. The zero-order valence-electron chi connectivity index (χ0n) is 40.6. The second kappa shape index (κ2) is 37.5. The van der Waals surface area contributed by atoms with Crippen molar-refractivity contribution in [2.45, 2.75) is 192 Å². The van der Waals surface area contributed by atoms with E-state index in [1.807, 2.05) is 18.2 Å². The normalized spacial score (nSPS) is 19.7. The fraction of sp³-hybridized carbons (Fsp3) is 0.708. The molecular weight excluding hydrogens is 936 g/mol. The molecule has 69 heavy (non-hydrogen) atoms. The first-order valence-electron chi connectivity index (χ1n) is 24.8. The molecule has 0 aromatic carbocycles. The Morgan fingerprint density at radius 1 is 0.725 bits per heavy atom. The van der Waals surface area contributed by atoms with Gasteiger partial charge in [0.2, 0.25) is 0 Å². The number of allylic oxidation sites excluding steroid dienone is 8. The summed E-state index contributed by atoms with van der Waals surface area (Å²) in [5.74, 6) is -1.38. The van der Waals surface area contributed by atoms with Crippen molar-refractivity contribution in [3.05, 3.63) is 71.4 Å². The Kier molecular flexibility index (Phi) is 33.5. The second-order valence-corrected chi connectivity index (χ2v) is 20.1. The van der Waals surface area contributed by atoms with Crippen molar-refractivity contribution in [3.63, 3.8) is 0 Å². The average molecular weight is 1020 g/mol. The molecule has 394 valence electrons. The lowest BCUT2D eigenvalue weighted by Gasteiger charge is -2.21. The number of phosphoric ester groups is 2. The third-order valence-electron chi connectivity index (χ3n) is 11.0. The van der Waals surface area contributed by atoms with Gasteiger partial charge in [-0.25, -0.2) is 13.9 Å². The van der Waals surface area contributed by atoms with E-state index < -0.39 is 83.7 Å². The Morgan fingerprint density at radius 3 is 1.83 bits per heavy atom. The van der Waals surface area contributed by atoms with Crippen LogP contribution in [-0.2, 0) is 46.3 Å². The highest BCUT2D eigenvalue weighted by Gasteiger charge is 2.46. The largest absolute Gasteiger partial charge is 0.481 e. The maximum atomic E-state index is 12.8. The molecule has 19 nitrogen and oxygen atoms in total. The zero-order chi connectivity index (χ0) is 50.6. The van der Waals surface area contributed by atoms with Crippen LogP contribution in [-0.4, -0.2) is 97.4 Å². The summed E-state index contributed by atoms with van der Waals surface area (Å²) in [5.41, 5.74) is 4.58. The van der Waals surface area contributed by atoms with Gasteiger partial charge in [-0.3, -0.25) is 23.2 Å². The number of aliphatic hydroxyl groups is 3. The molecule has 21 heteroatoms. The van der Waals surface area contributed by atoms with Gasteiger partial charge in [0.1, 0.15) is 30.7 Å². The SMILES string of the molecule is CCCCCCCCCCCCCCCC(=O)OC[C@H](COP(=O)(O)OP(=O)(O)OC[C@H]1O[C@@H](n2ccc(N)nc2=O)[C@H](O)[C@@H]1O)OC(=O)CCC/C=C\C/C=C\C/C=C\C/C=C\CCCCCO. The third kappa shape index (κ3) is 30.2. The van der Waals surface area contributed by atoms with E-state index in [4.69, 9.17) is 34.1 Å². The van der Waals surface area contributed by atoms with Crippen LogP contribution in [0.15, 0.2) is 65.7 Å². The highest BCUT2D eigenvalue weighted by atomic mass is 31.3. The molecule has 1 fully saturated rings. The topological polar surface area (TPSA) is 286 Å². The van der Waals surface area contributed by atoms with Crippen LogP contribution in [0.4, 0.5) is 5.82 Å². The predicted molar refractivity (Wildman–Crippen MR) is 262 cm³/mol.